The summed E-state index contributed by atoms with van der Waals surface area (Å²) in [5.74, 6) is -0.0328. The van der Waals surface area contributed by atoms with E-state index in [2.05, 4.69) is 0 Å². The van der Waals surface area contributed by atoms with Gasteiger partial charge in [-0.1, -0.05) is 23.2 Å². The Hall–Kier alpha value is -0.770. The predicted octanol–water partition coefficient (Wildman–Crippen LogP) is 2.95. The van der Waals surface area contributed by atoms with Gasteiger partial charge in [-0.05, 0) is 37.5 Å². The van der Waals surface area contributed by atoms with E-state index in [9.17, 15) is 4.79 Å². The van der Waals surface area contributed by atoms with Gasteiger partial charge in [-0.25, -0.2) is 0 Å². The van der Waals surface area contributed by atoms with Crippen LogP contribution in [0.15, 0.2) is 18.2 Å². The molecule has 1 atom stereocenters. The van der Waals surface area contributed by atoms with Crippen LogP contribution in [0.5, 0.6) is 0 Å². The van der Waals surface area contributed by atoms with E-state index in [1.54, 1.807) is 18.2 Å². The van der Waals surface area contributed by atoms with E-state index >= 15 is 0 Å². The third-order valence-electron chi connectivity index (χ3n) is 3.27. The van der Waals surface area contributed by atoms with Crippen molar-refractivity contribution in [3.8, 4) is 0 Å². The van der Waals surface area contributed by atoms with Gasteiger partial charge in [0.25, 0.3) is 5.91 Å². The molecular formula is C13H16Cl2N2O. The van der Waals surface area contributed by atoms with Crippen LogP contribution in [0.3, 0.4) is 0 Å². The fraction of sp³-hybridized carbons (Fsp3) is 0.462. The molecule has 1 aliphatic rings. The first-order valence-corrected chi connectivity index (χ1v) is 6.84. The molecule has 2 rings (SSSR count). The standard InChI is InChI=1S/C13H16Cl2N2O/c14-10-5-9(6-11(15)7-10)13(18)17-4-2-1-3-12(17)8-16/h5-7,12H,1-4,8,16H2/t12-/m0/s1. The Morgan fingerprint density at radius 1 is 1.28 bits per heavy atom. The second kappa shape index (κ2) is 5.91. The van der Waals surface area contributed by atoms with E-state index in [0.29, 0.717) is 22.2 Å². The van der Waals surface area contributed by atoms with Crippen LogP contribution in [0.1, 0.15) is 29.6 Å². The van der Waals surface area contributed by atoms with Gasteiger partial charge in [0.2, 0.25) is 0 Å². The highest BCUT2D eigenvalue weighted by Gasteiger charge is 2.26. The molecule has 5 heteroatoms. The number of carbonyl (C=O) groups is 1. The summed E-state index contributed by atoms with van der Waals surface area (Å²) in [6, 6.07) is 5.05. The number of rotatable bonds is 2. The van der Waals surface area contributed by atoms with Gasteiger partial charge in [-0.15, -0.1) is 0 Å². The van der Waals surface area contributed by atoms with Crippen LogP contribution in [0, 0.1) is 0 Å². The molecule has 1 aromatic rings. The zero-order valence-corrected chi connectivity index (χ0v) is 11.5. The minimum atomic E-state index is -0.0328. The number of nitrogens with two attached hydrogens (primary N) is 1. The molecule has 0 bridgehead atoms. The van der Waals surface area contributed by atoms with Crippen molar-refractivity contribution in [1.29, 1.82) is 0 Å². The fourth-order valence-corrected chi connectivity index (χ4v) is 2.88. The summed E-state index contributed by atoms with van der Waals surface area (Å²) >= 11 is 11.8. The zero-order chi connectivity index (χ0) is 13.1. The van der Waals surface area contributed by atoms with Crippen molar-refractivity contribution in [3.05, 3.63) is 33.8 Å². The number of piperidine rings is 1. The lowest BCUT2D eigenvalue weighted by Gasteiger charge is -2.35. The van der Waals surface area contributed by atoms with Gasteiger partial charge in [0.05, 0.1) is 0 Å². The topological polar surface area (TPSA) is 46.3 Å². The molecule has 2 N–H and O–H groups in total. The average Bonchev–Trinajstić information content (AvgIpc) is 2.36. The maximum atomic E-state index is 12.4. The Morgan fingerprint density at radius 2 is 1.94 bits per heavy atom. The number of nitrogens with zero attached hydrogens (tertiary/aromatic N) is 1. The maximum absolute atomic E-state index is 12.4. The molecule has 18 heavy (non-hydrogen) atoms. The molecular weight excluding hydrogens is 271 g/mol. The highest BCUT2D eigenvalue weighted by atomic mass is 35.5. The van der Waals surface area contributed by atoms with E-state index in [1.807, 2.05) is 4.90 Å². The van der Waals surface area contributed by atoms with Crippen LogP contribution in [0.4, 0.5) is 0 Å². The van der Waals surface area contributed by atoms with Gasteiger partial charge >= 0.3 is 0 Å². The first kappa shape index (κ1) is 13.7. The lowest BCUT2D eigenvalue weighted by molar-refractivity contribution is 0.0623. The summed E-state index contributed by atoms with van der Waals surface area (Å²) in [5.41, 5.74) is 6.26. The third kappa shape index (κ3) is 2.97. The summed E-state index contributed by atoms with van der Waals surface area (Å²) in [6.45, 7) is 1.25. The van der Waals surface area contributed by atoms with Crippen LogP contribution >= 0.6 is 23.2 Å². The number of hydrogen-bond acceptors (Lipinski definition) is 2. The van der Waals surface area contributed by atoms with Gasteiger partial charge in [-0.3, -0.25) is 4.79 Å². The maximum Gasteiger partial charge on any atom is 0.254 e. The van der Waals surface area contributed by atoms with Gasteiger partial charge in [0.1, 0.15) is 0 Å². The highest BCUT2D eigenvalue weighted by molar-refractivity contribution is 6.35. The Morgan fingerprint density at radius 3 is 2.56 bits per heavy atom. The monoisotopic (exact) mass is 286 g/mol. The smallest absolute Gasteiger partial charge is 0.254 e. The van der Waals surface area contributed by atoms with Gasteiger partial charge in [0, 0.05) is 34.7 Å². The van der Waals surface area contributed by atoms with Crippen molar-refractivity contribution in [2.75, 3.05) is 13.1 Å². The van der Waals surface area contributed by atoms with Gasteiger partial charge in [-0.2, -0.15) is 0 Å². The molecule has 0 aromatic heterocycles. The van der Waals surface area contributed by atoms with E-state index in [-0.39, 0.29) is 11.9 Å². The van der Waals surface area contributed by atoms with Gasteiger partial charge in [0.15, 0.2) is 0 Å². The zero-order valence-electron chi connectivity index (χ0n) is 10.0. The third-order valence-corrected chi connectivity index (χ3v) is 3.71. The molecule has 3 nitrogen and oxygen atoms in total. The molecule has 1 saturated heterocycles. The van der Waals surface area contributed by atoms with Crippen LogP contribution in [0.25, 0.3) is 0 Å². The molecule has 1 fully saturated rings. The Labute approximate surface area is 117 Å². The largest absolute Gasteiger partial charge is 0.334 e. The van der Waals surface area contributed by atoms with Crippen LogP contribution in [0.2, 0.25) is 10.0 Å². The van der Waals surface area contributed by atoms with Crippen molar-refractivity contribution < 1.29 is 4.79 Å². The minimum absolute atomic E-state index is 0.0328. The summed E-state index contributed by atoms with van der Waals surface area (Å²) in [7, 11) is 0. The summed E-state index contributed by atoms with van der Waals surface area (Å²) in [6.07, 6.45) is 3.12. The minimum Gasteiger partial charge on any atom is -0.334 e. The average molecular weight is 287 g/mol. The number of benzene rings is 1. The summed E-state index contributed by atoms with van der Waals surface area (Å²) in [4.78, 5) is 14.3. The lowest BCUT2D eigenvalue weighted by Crippen LogP contribution is -2.47. The van der Waals surface area contributed by atoms with E-state index in [0.717, 1.165) is 25.8 Å². The first-order chi connectivity index (χ1) is 8.61. The van der Waals surface area contributed by atoms with Crippen molar-refractivity contribution in [1.82, 2.24) is 4.90 Å². The van der Waals surface area contributed by atoms with Crippen LogP contribution < -0.4 is 5.73 Å². The number of carbonyl (C=O) groups excluding carboxylic acids is 1. The SMILES string of the molecule is NC[C@@H]1CCCCN1C(=O)c1cc(Cl)cc(Cl)c1. The second-order valence-electron chi connectivity index (χ2n) is 4.54. The highest BCUT2D eigenvalue weighted by Crippen LogP contribution is 2.23. The van der Waals surface area contributed by atoms with E-state index in [1.165, 1.54) is 0 Å². The normalized spacial score (nSPS) is 19.9. The van der Waals surface area contributed by atoms with Crippen LogP contribution in [-0.2, 0) is 0 Å². The number of amides is 1. The number of halogens is 2. The number of likely N-dealkylation sites (tertiary alicyclic amines) is 1. The predicted molar refractivity (Wildman–Crippen MR) is 74.2 cm³/mol. The van der Waals surface area contributed by atoms with Crippen molar-refractivity contribution in [2.24, 2.45) is 5.73 Å². The quantitative estimate of drug-likeness (QED) is 0.909. The van der Waals surface area contributed by atoms with E-state index < -0.39 is 0 Å². The molecule has 1 aliphatic heterocycles. The fourth-order valence-electron chi connectivity index (χ4n) is 2.36. The molecule has 0 saturated carbocycles. The molecule has 98 valence electrons. The second-order valence-corrected chi connectivity index (χ2v) is 5.41. The summed E-state index contributed by atoms with van der Waals surface area (Å²) < 4.78 is 0. The number of hydrogen-bond donors (Lipinski definition) is 1. The Balaban J connectivity index is 2.23. The van der Waals surface area contributed by atoms with Crippen molar-refractivity contribution in [2.45, 2.75) is 25.3 Å². The molecule has 0 unspecified atom stereocenters. The Kier molecular flexibility index (Phi) is 4.49. The molecule has 1 amide bonds. The Bertz CT molecular complexity index is 430. The van der Waals surface area contributed by atoms with Crippen molar-refractivity contribution in [3.63, 3.8) is 0 Å². The lowest BCUT2D eigenvalue weighted by atomic mass is 10.0. The summed E-state index contributed by atoms with van der Waals surface area (Å²) in [5, 5.41) is 0.958. The molecule has 0 spiro atoms. The van der Waals surface area contributed by atoms with Crippen LogP contribution in [-0.4, -0.2) is 29.9 Å². The molecule has 0 radical (unpaired) electrons. The molecule has 0 aliphatic carbocycles. The van der Waals surface area contributed by atoms with Crippen molar-refractivity contribution >= 4 is 29.1 Å². The van der Waals surface area contributed by atoms with Gasteiger partial charge < -0.3 is 10.6 Å². The molecule has 1 heterocycles. The molecule has 1 aromatic carbocycles. The first-order valence-electron chi connectivity index (χ1n) is 6.09. The van der Waals surface area contributed by atoms with E-state index in [4.69, 9.17) is 28.9 Å².